The number of halogens is 3. The first-order valence-corrected chi connectivity index (χ1v) is 2.43. The third-order valence-electron chi connectivity index (χ3n) is 1.04. The molecule has 5 heteroatoms. The SMILES string of the molecule is Cl.FC(F)OC1CNC1. The molecule has 0 aromatic heterocycles. The van der Waals surface area contributed by atoms with Crippen molar-refractivity contribution in [3.63, 3.8) is 0 Å². The monoisotopic (exact) mass is 159 g/mol. The molecule has 0 aromatic carbocycles. The fourth-order valence-electron chi connectivity index (χ4n) is 0.504. The van der Waals surface area contributed by atoms with Gasteiger partial charge in [-0.2, -0.15) is 8.78 Å². The fourth-order valence-corrected chi connectivity index (χ4v) is 0.504. The molecule has 2 nitrogen and oxygen atoms in total. The maximum atomic E-state index is 11.3. The first kappa shape index (κ1) is 9.07. The van der Waals surface area contributed by atoms with E-state index >= 15 is 0 Å². The molecule has 1 fully saturated rings. The smallest absolute Gasteiger partial charge is 0.317 e. The second kappa shape index (κ2) is 3.98. The number of hydrogen-bond donors (Lipinski definition) is 1. The molecular formula is C4H8ClF2NO. The van der Waals surface area contributed by atoms with Gasteiger partial charge >= 0.3 is 6.61 Å². The van der Waals surface area contributed by atoms with E-state index in [1.807, 2.05) is 0 Å². The minimum atomic E-state index is -2.61. The fraction of sp³-hybridized carbons (Fsp3) is 1.00. The van der Waals surface area contributed by atoms with Crippen molar-refractivity contribution in [3.8, 4) is 0 Å². The van der Waals surface area contributed by atoms with Crippen LogP contribution in [0, 0.1) is 0 Å². The van der Waals surface area contributed by atoms with Gasteiger partial charge in [-0.05, 0) is 0 Å². The molecule has 0 bridgehead atoms. The van der Waals surface area contributed by atoms with E-state index in [-0.39, 0.29) is 18.5 Å². The molecule has 1 saturated heterocycles. The van der Waals surface area contributed by atoms with Gasteiger partial charge in [-0.1, -0.05) is 0 Å². The van der Waals surface area contributed by atoms with Crippen LogP contribution in [0.15, 0.2) is 0 Å². The molecule has 1 aliphatic heterocycles. The summed E-state index contributed by atoms with van der Waals surface area (Å²) in [5.41, 5.74) is 0. The lowest BCUT2D eigenvalue weighted by Crippen LogP contribution is -2.49. The van der Waals surface area contributed by atoms with Gasteiger partial charge in [0.25, 0.3) is 0 Å². The summed E-state index contributed by atoms with van der Waals surface area (Å²) in [6, 6.07) is 0. The highest BCUT2D eigenvalue weighted by Crippen LogP contribution is 2.04. The average molecular weight is 160 g/mol. The molecule has 1 aliphatic rings. The van der Waals surface area contributed by atoms with Crippen molar-refractivity contribution < 1.29 is 13.5 Å². The van der Waals surface area contributed by atoms with E-state index in [0.717, 1.165) is 0 Å². The Morgan fingerprint density at radius 2 is 2.00 bits per heavy atom. The second-order valence-corrected chi connectivity index (χ2v) is 1.68. The van der Waals surface area contributed by atoms with E-state index in [4.69, 9.17) is 0 Å². The minimum Gasteiger partial charge on any atom is -0.317 e. The molecule has 9 heavy (non-hydrogen) atoms. The molecule has 0 saturated carbocycles. The summed E-state index contributed by atoms with van der Waals surface area (Å²) in [5, 5.41) is 2.81. The zero-order valence-electron chi connectivity index (χ0n) is 4.64. The lowest BCUT2D eigenvalue weighted by atomic mass is 10.2. The topological polar surface area (TPSA) is 21.3 Å². The Morgan fingerprint density at radius 1 is 1.44 bits per heavy atom. The maximum Gasteiger partial charge on any atom is 0.345 e. The number of nitrogens with one attached hydrogen (secondary N) is 1. The van der Waals surface area contributed by atoms with E-state index in [2.05, 4.69) is 10.1 Å². The predicted molar refractivity (Wildman–Crippen MR) is 31.0 cm³/mol. The van der Waals surface area contributed by atoms with Gasteiger partial charge in [0.1, 0.15) is 0 Å². The molecule has 0 atom stereocenters. The normalized spacial score (nSPS) is 19.0. The maximum absolute atomic E-state index is 11.3. The summed E-state index contributed by atoms with van der Waals surface area (Å²) in [5.74, 6) is 0. The van der Waals surface area contributed by atoms with Crippen LogP contribution >= 0.6 is 12.4 Å². The van der Waals surface area contributed by atoms with Crippen LogP contribution in [0.5, 0.6) is 0 Å². The third-order valence-corrected chi connectivity index (χ3v) is 1.04. The molecule has 0 aliphatic carbocycles. The third kappa shape index (κ3) is 2.93. The van der Waals surface area contributed by atoms with Crippen LogP contribution in [-0.2, 0) is 4.74 Å². The highest BCUT2D eigenvalue weighted by Gasteiger charge is 2.20. The molecular weight excluding hydrogens is 151 g/mol. The van der Waals surface area contributed by atoms with E-state index in [1.54, 1.807) is 0 Å². The molecule has 0 aromatic rings. The number of rotatable bonds is 2. The van der Waals surface area contributed by atoms with E-state index in [0.29, 0.717) is 13.1 Å². The van der Waals surface area contributed by atoms with Gasteiger partial charge in [-0.3, -0.25) is 0 Å². The van der Waals surface area contributed by atoms with Gasteiger partial charge in [0, 0.05) is 13.1 Å². The Morgan fingerprint density at radius 3 is 2.11 bits per heavy atom. The Kier molecular flexibility index (Phi) is 4.01. The average Bonchev–Trinajstić information content (AvgIpc) is 1.55. The van der Waals surface area contributed by atoms with Crippen molar-refractivity contribution in [3.05, 3.63) is 0 Å². The van der Waals surface area contributed by atoms with Gasteiger partial charge in [0.2, 0.25) is 0 Å². The molecule has 0 unspecified atom stereocenters. The Hall–Kier alpha value is 0.0700. The summed E-state index contributed by atoms with van der Waals surface area (Å²) in [6.45, 7) is -1.49. The second-order valence-electron chi connectivity index (χ2n) is 1.68. The largest absolute Gasteiger partial charge is 0.345 e. The summed E-state index contributed by atoms with van der Waals surface area (Å²) in [4.78, 5) is 0. The molecule has 1 rings (SSSR count). The summed E-state index contributed by atoms with van der Waals surface area (Å²) >= 11 is 0. The summed E-state index contributed by atoms with van der Waals surface area (Å²) in [7, 11) is 0. The number of hydrogen-bond acceptors (Lipinski definition) is 2. The van der Waals surface area contributed by atoms with Crippen LogP contribution in [0.1, 0.15) is 0 Å². The van der Waals surface area contributed by atoms with Crippen LogP contribution in [-0.4, -0.2) is 25.8 Å². The number of alkyl halides is 2. The Balaban J connectivity index is 0.000000640. The molecule has 1 heterocycles. The van der Waals surface area contributed by atoms with Gasteiger partial charge in [-0.25, -0.2) is 0 Å². The quantitative estimate of drug-likeness (QED) is 0.638. The van der Waals surface area contributed by atoms with Crippen molar-refractivity contribution in [2.24, 2.45) is 0 Å². The molecule has 0 spiro atoms. The molecule has 0 amide bonds. The van der Waals surface area contributed by atoms with Crippen molar-refractivity contribution in [2.75, 3.05) is 13.1 Å². The molecule has 1 N–H and O–H groups in total. The summed E-state index contributed by atoms with van der Waals surface area (Å²) in [6.07, 6.45) is -0.255. The van der Waals surface area contributed by atoms with Crippen molar-refractivity contribution in [2.45, 2.75) is 12.7 Å². The highest BCUT2D eigenvalue weighted by atomic mass is 35.5. The van der Waals surface area contributed by atoms with Crippen molar-refractivity contribution in [1.29, 1.82) is 0 Å². The van der Waals surface area contributed by atoms with E-state index in [1.165, 1.54) is 0 Å². The zero-order valence-corrected chi connectivity index (χ0v) is 5.46. The van der Waals surface area contributed by atoms with Crippen LogP contribution in [0.4, 0.5) is 8.78 Å². The number of ether oxygens (including phenoxy) is 1. The Bertz CT molecular complexity index is 79.0. The lowest BCUT2D eigenvalue weighted by Gasteiger charge is -2.26. The van der Waals surface area contributed by atoms with Crippen molar-refractivity contribution in [1.82, 2.24) is 5.32 Å². The van der Waals surface area contributed by atoms with E-state index in [9.17, 15) is 8.78 Å². The lowest BCUT2D eigenvalue weighted by molar-refractivity contribution is -0.172. The van der Waals surface area contributed by atoms with Crippen LogP contribution in [0.2, 0.25) is 0 Å². The first-order valence-electron chi connectivity index (χ1n) is 2.43. The predicted octanol–water partition coefficient (Wildman–Crippen LogP) is 0.619. The zero-order chi connectivity index (χ0) is 5.98. The highest BCUT2D eigenvalue weighted by molar-refractivity contribution is 5.85. The standard InChI is InChI=1S/C4H7F2NO.ClH/c5-4(6)8-3-1-7-2-3;/h3-4,7H,1-2H2;1H. The first-order chi connectivity index (χ1) is 3.79. The van der Waals surface area contributed by atoms with Gasteiger partial charge in [0.05, 0.1) is 6.10 Å². The minimum absolute atomic E-state index is 0. The van der Waals surface area contributed by atoms with Gasteiger partial charge < -0.3 is 10.1 Å². The van der Waals surface area contributed by atoms with Crippen LogP contribution in [0.3, 0.4) is 0 Å². The van der Waals surface area contributed by atoms with Gasteiger partial charge in [-0.15, -0.1) is 12.4 Å². The molecule has 0 radical (unpaired) electrons. The van der Waals surface area contributed by atoms with E-state index < -0.39 is 6.61 Å². The summed E-state index contributed by atoms with van der Waals surface area (Å²) < 4.78 is 26.6. The van der Waals surface area contributed by atoms with Crippen LogP contribution in [0.25, 0.3) is 0 Å². The molecule has 56 valence electrons. The van der Waals surface area contributed by atoms with Crippen molar-refractivity contribution >= 4 is 12.4 Å². The Labute approximate surface area is 58.0 Å². The van der Waals surface area contributed by atoms with Gasteiger partial charge in [0.15, 0.2) is 0 Å². The van der Waals surface area contributed by atoms with Crippen LogP contribution < -0.4 is 5.32 Å².